The maximum absolute atomic E-state index is 10.9. The van der Waals surface area contributed by atoms with Gasteiger partial charge in [-0.2, -0.15) is 5.26 Å². The highest BCUT2D eigenvalue weighted by Gasteiger charge is 2.18. The average molecular weight is 197 g/mol. The molecule has 0 spiro atoms. The molecule has 0 amide bonds. The van der Waals surface area contributed by atoms with E-state index in [-0.39, 0.29) is 12.5 Å². The first-order chi connectivity index (χ1) is 6.65. The number of carbonyl (C=O) groups is 1. The fourth-order valence-electron chi connectivity index (χ4n) is 0.920. The predicted molar refractivity (Wildman–Crippen MR) is 51.5 cm³/mol. The average Bonchev–Trinajstić information content (AvgIpc) is 2.15. The summed E-state index contributed by atoms with van der Waals surface area (Å²) in [4.78, 5) is 10.9. The molecule has 4 heteroatoms. The van der Waals surface area contributed by atoms with Gasteiger partial charge in [-0.15, -0.1) is 0 Å². The number of hydrogen-bond donors (Lipinski definition) is 0. The van der Waals surface area contributed by atoms with E-state index in [1.54, 1.807) is 6.92 Å². The van der Waals surface area contributed by atoms with E-state index in [1.165, 1.54) is 6.08 Å². The second kappa shape index (κ2) is 6.96. The van der Waals surface area contributed by atoms with Crippen LogP contribution in [0.15, 0.2) is 12.7 Å². The van der Waals surface area contributed by atoms with Crippen LogP contribution in [0.25, 0.3) is 0 Å². The van der Waals surface area contributed by atoms with Crippen LogP contribution in [0.5, 0.6) is 0 Å². The van der Waals surface area contributed by atoms with Crippen molar-refractivity contribution in [3.8, 4) is 6.07 Å². The van der Waals surface area contributed by atoms with Crippen molar-refractivity contribution in [1.29, 1.82) is 5.26 Å². The highest BCUT2D eigenvalue weighted by atomic mass is 16.7. The molecule has 78 valence electrons. The molecular formula is C10H15NO3. The molecule has 0 rings (SSSR count). The molecule has 0 radical (unpaired) electrons. The van der Waals surface area contributed by atoms with Crippen molar-refractivity contribution < 1.29 is 14.3 Å². The standard InChI is InChI=1S/C10H15NO3/c1-4-9(8(3)6-7-11)14-10(12)13-5-2/h4,8-9H,1,5-6H2,2-3H3. The highest BCUT2D eigenvalue weighted by Crippen LogP contribution is 2.12. The van der Waals surface area contributed by atoms with Gasteiger partial charge in [0.15, 0.2) is 0 Å². The Morgan fingerprint density at radius 1 is 1.71 bits per heavy atom. The van der Waals surface area contributed by atoms with Gasteiger partial charge in [0.2, 0.25) is 0 Å². The van der Waals surface area contributed by atoms with Gasteiger partial charge in [0.05, 0.1) is 12.7 Å². The summed E-state index contributed by atoms with van der Waals surface area (Å²) in [6.07, 6.45) is 0.630. The summed E-state index contributed by atoms with van der Waals surface area (Å²) < 4.78 is 9.53. The van der Waals surface area contributed by atoms with Gasteiger partial charge in [-0.1, -0.05) is 19.6 Å². The first-order valence-electron chi connectivity index (χ1n) is 4.48. The van der Waals surface area contributed by atoms with Gasteiger partial charge in [0, 0.05) is 12.3 Å². The molecule has 0 aromatic heterocycles. The van der Waals surface area contributed by atoms with Gasteiger partial charge >= 0.3 is 6.16 Å². The first kappa shape index (κ1) is 12.5. The Kier molecular flexibility index (Phi) is 6.21. The van der Waals surface area contributed by atoms with Crippen LogP contribution < -0.4 is 0 Å². The highest BCUT2D eigenvalue weighted by molar-refractivity contribution is 5.60. The number of ether oxygens (including phenoxy) is 2. The maximum Gasteiger partial charge on any atom is 0.508 e. The Balaban J connectivity index is 4.08. The summed E-state index contributed by atoms with van der Waals surface area (Å²) in [6, 6.07) is 2.01. The molecule has 0 aliphatic rings. The Morgan fingerprint density at radius 3 is 2.79 bits per heavy atom. The van der Waals surface area contributed by atoms with Crippen molar-refractivity contribution in [1.82, 2.24) is 0 Å². The summed E-state index contributed by atoms with van der Waals surface area (Å²) in [5.74, 6) is -0.0677. The smallest absolute Gasteiger partial charge is 0.435 e. The van der Waals surface area contributed by atoms with Crippen LogP contribution in [0.3, 0.4) is 0 Å². The lowest BCUT2D eigenvalue weighted by Gasteiger charge is -2.17. The van der Waals surface area contributed by atoms with Crippen molar-refractivity contribution in [2.45, 2.75) is 26.4 Å². The van der Waals surface area contributed by atoms with Crippen molar-refractivity contribution >= 4 is 6.16 Å². The van der Waals surface area contributed by atoms with Crippen LogP contribution >= 0.6 is 0 Å². The number of nitriles is 1. The molecule has 2 atom stereocenters. The third-order valence-electron chi connectivity index (χ3n) is 1.70. The summed E-state index contributed by atoms with van der Waals surface area (Å²) >= 11 is 0. The predicted octanol–water partition coefficient (Wildman–Crippen LogP) is 2.26. The molecule has 0 aliphatic heterocycles. The SMILES string of the molecule is C=CC(OC(=O)OCC)C(C)CC#N. The van der Waals surface area contributed by atoms with E-state index >= 15 is 0 Å². The summed E-state index contributed by atoms with van der Waals surface area (Å²) in [6.45, 7) is 7.32. The second-order valence-electron chi connectivity index (χ2n) is 2.84. The van der Waals surface area contributed by atoms with E-state index in [0.29, 0.717) is 6.42 Å². The van der Waals surface area contributed by atoms with E-state index in [9.17, 15) is 4.79 Å². The van der Waals surface area contributed by atoms with Gasteiger partial charge in [-0.3, -0.25) is 0 Å². The Bertz CT molecular complexity index is 232. The first-order valence-corrected chi connectivity index (χ1v) is 4.48. The van der Waals surface area contributed by atoms with Crippen LogP contribution in [0.1, 0.15) is 20.3 Å². The topological polar surface area (TPSA) is 59.3 Å². The van der Waals surface area contributed by atoms with Crippen LogP contribution in [0.2, 0.25) is 0 Å². The maximum atomic E-state index is 10.9. The molecule has 0 fully saturated rings. The monoisotopic (exact) mass is 197 g/mol. The summed E-state index contributed by atoms with van der Waals surface area (Å²) in [5.41, 5.74) is 0. The molecule has 0 heterocycles. The van der Waals surface area contributed by atoms with Gasteiger partial charge < -0.3 is 9.47 Å². The minimum absolute atomic E-state index is 0.0677. The molecule has 14 heavy (non-hydrogen) atoms. The minimum atomic E-state index is -0.720. The Morgan fingerprint density at radius 2 is 2.36 bits per heavy atom. The third-order valence-corrected chi connectivity index (χ3v) is 1.70. The summed E-state index contributed by atoms with van der Waals surface area (Å²) in [5, 5.41) is 8.46. The number of hydrogen-bond acceptors (Lipinski definition) is 4. The fourth-order valence-corrected chi connectivity index (χ4v) is 0.920. The molecule has 2 unspecified atom stereocenters. The van der Waals surface area contributed by atoms with Gasteiger partial charge in [-0.05, 0) is 6.92 Å². The molecule has 0 saturated heterocycles. The molecule has 0 saturated carbocycles. The second-order valence-corrected chi connectivity index (χ2v) is 2.84. The molecule has 0 bridgehead atoms. The quantitative estimate of drug-likeness (QED) is 0.501. The Labute approximate surface area is 84.1 Å². The van der Waals surface area contributed by atoms with Crippen LogP contribution in [-0.4, -0.2) is 18.9 Å². The van der Waals surface area contributed by atoms with E-state index < -0.39 is 12.3 Å². The molecule has 0 aliphatic carbocycles. The molecular weight excluding hydrogens is 182 g/mol. The molecule has 4 nitrogen and oxygen atoms in total. The van der Waals surface area contributed by atoms with Crippen molar-refractivity contribution in [2.24, 2.45) is 5.92 Å². The molecule has 0 N–H and O–H groups in total. The van der Waals surface area contributed by atoms with E-state index in [1.807, 2.05) is 13.0 Å². The largest absolute Gasteiger partial charge is 0.508 e. The van der Waals surface area contributed by atoms with Crippen LogP contribution in [0, 0.1) is 17.2 Å². The fraction of sp³-hybridized carbons (Fsp3) is 0.600. The van der Waals surface area contributed by atoms with Gasteiger partial charge in [-0.25, -0.2) is 4.79 Å². The van der Waals surface area contributed by atoms with E-state index in [2.05, 4.69) is 11.3 Å². The van der Waals surface area contributed by atoms with Crippen molar-refractivity contribution in [3.05, 3.63) is 12.7 Å². The van der Waals surface area contributed by atoms with Crippen molar-refractivity contribution in [2.75, 3.05) is 6.61 Å². The van der Waals surface area contributed by atoms with Crippen LogP contribution in [-0.2, 0) is 9.47 Å². The number of carbonyl (C=O) groups excluding carboxylic acids is 1. The van der Waals surface area contributed by atoms with E-state index in [4.69, 9.17) is 10.00 Å². The zero-order chi connectivity index (χ0) is 11.0. The number of rotatable bonds is 5. The minimum Gasteiger partial charge on any atom is -0.435 e. The van der Waals surface area contributed by atoms with Crippen molar-refractivity contribution in [3.63, 3.8) is 0 Å². The zero-order valence-electron chi connectivity index (χ0n) is 8.53. The Hall–Kier alpha value is -1.50. The van der Waals surface area contributed by atoms with E-state index in [0.717, 1.165) is 0 Å². The lowest BCUT2D eigenvalue weighted by atomic mass is 10.0. The lowest BCUT2D eigenvalue weighted by Crippen LogP contribution is -2.23. The van der Waals surface area contributed by atoms with Gasteiger partial charge in [0.1, 0.15) is 6.10 Å². The van der Waals surface area contributed by atoms with Crippen LogP contribution in [0.4, 0.5) is 4.79 Å². The third kappa shape index (κ3) is 4.51. The number of nitrogens with zero attached hydrogens (tertiary/aromatic N) is 1. The lowest BCUT2D eigenvalue weighted by molar-refractivity contribution is 0.0257. The molecule has 0 aromatic carbocycles. The molecule has 0 aromatic rings. The summed E-state index contributed by atoms with van der Waals surface area (Å²) in [7, 11) is 0. The normalized spacial score (nSPS) is 13.5. The zero-order valence-corrected chi connectivity index (χ0v) is 8.53. The van der Waals surface area contributed by atoms with Gasteiger partial charge in [0.25, 0.3) is 0 Å².